The number of guanidine groups is 1. The van der Waals surface area contributed by atoms with Crippen molar-refractivity contribution in [2.24, 2.45) is 10.9 Å². The number of amides is 1. The lowest BCUT2D eigenvalue weighted by Crippen LogP contribution is -2.47. The Morgan fingerprint density at radius 2 is 2.10 bits per heavy atom. The predicted molar refractivity (Wildman–Crippen MR) is 131 cm³/mol. The number of hydrogen-bond acceptors (Lipinski definition) is 6. The van der Waals surface area contributed by atoms with Crippen molar-refractivity contribution in [1.29, 1.82) is 0 Å². The van der Waals surface area contributed by atoms with Gasteiger partial charge < -0.3 is 25.0 Å². The van der Waals surface area contributed by atoms with Crippen LogP contribution in [0.5, 0.6) is 0 Å². The number of aliphatic imine (C=N–C) groups is 1. The van der Waals surface area contributed by atoms with E-state index in [2.05, 4.69) is 38.0 Å². The predicted octanol–water partition coefficient (Wildman–Crippen LogP) is 1.40. The van der Waals surface area contributed by atoms with Crippen molar-refractivity contribution in [3.63, 3.8) is 0 Å². The summed E-state index contributed by atoms with van der Waals surface area (Å²) in [4.78, 5) is 21.9. The van der Waals surface area contributed by atoms with E-state index in [1.54, 1.807) is 30.3 Å². The second-order valence-electron chi connectivity index (χ2n) is 7.62. The second kappa shape index (κ2) is 13.5. The summed E-state index contributed by atoms with van der Waals surface area (Å²) in [5.41, 5.74) is 0. The van der Waals surface area contributed by atoms with Gasteiger partial charge in [-0.05, 0) is 17.9 Å². The van der Waals surface area contributed by atoms with Crippen LogP contribution in [-0.4, -0.2) is 94.9 Å². The first-order valence-corrected chi connectivity index (χ1v) is 11.2. The van der Waals surface area contributed by atoms with E-state index >= 15 is 0 Å². The van der Waals surface area contributed by atoms with Crippen LogP contribution in [0.25, 0.3) is 0 Å². The summed E-state index contributed by atoms with van der Waals surface area (Å²) in [6.45, 7) is 6.62. The fourth-order valence-corrected chi connectivity index (χ4v) is 4.28. The van der Waals surface area contributed by atoms with E-state index in [-0.39, 0.29) is 42.5 Å². The standard InChI is InChI=1S/C20H33N5O3S.HI/c1-24(2)19(26)14-23-20(21-12-16-5-8-28-15-16)22-13-17(18-4-3-11-29-18)25-6-9-27-10-7-25;/h3-4,11,16-17H,5-10,12-15H2,1-2H3,(H2,21,22,23);1H. The van der Waals surface area contributed by atoms with Crippen LogP contribution in [0.1, 0.15) is 17.3 Å². The van der Waals surface area contributed by atoms with E-state index in [9.17, 15) is 4.79 Å². The van der Waals surface area contributed by atoms with Crippen molar-refractivity contribution < 1.29 is 14.3 Å². The molecule has 2 saturated heterocycles. The third-order valence-electron chi connectivity index (χ3n) is 5.27. The van der Waals surface area contributed by atoms with Crippen molar-refractivity contribution in [2.45, 2.75) is 12.5 Å². The van der Waals surface area contributed by atoms with Crippen molar-refractivity contribution in [3.05, 3.63) is 22.4 Å². The third-order valence-corrected chi connectivity index (χ3v) is 6.25. The molecule has 2 aliphatic rings. The van der Waals surface area contributed by atoms with E-state index in [1.165, 1.54) is 4.88 Å². The van der Waals surface area contributed by atoms with Crippen molar-refractivity contribution >= 4 is 47.2 Å². The zero-order chi connectivity index (χ0) is 20.5. The Morgan fingerprint density at radius 1 is 1.30 bits per heavy atom. The number of morpholine rings is 1. The minimum absolute atomic E-state index is 0. The van der Waals surface area contributed by atoms with Gasteiger partial charge in [0, 0.05) is 57.7 Å². The number of likely N-dealkylation sites (N-methyl/N-ethyl adjacent to an activating group) is 1. The molecule has 2 fully saturated rings. The van der Waals surface area contributed by atoms with Gasteiger partial charge in [-0.3, -0.25) is 9.69 Å². The Labute approximate surface area is 200 Å². The van der Waals surface area contributed by atoms with Gasteiger partial charge in [-0.2, -0.15) is 0 Å². The van der Waals surface area contributed by atoms with Crippen LogP contribution in [0.2, 0.25) is 0 Å². The highest BCUT2D eigenvalue weighted by Crippen LogP contribution is 2.25. The van der Waals surface area contributed by atoms with Crippen molar-refractivity contribution in [3.8, 4) is 0 Å². The van der Waals surface area contributed by atoms with E-state index in [1.807, 2.05) is 0 Å². The summed E-state index contributed by atoms with van der Waals surface area (Å²) >= 11 is 1.77. The molecule has 0 radical (unpaired) electrons. The molecule has 0 aliphatic carbocycles. The summed E-state index contributed by atoms with van der Waals surface area (Å²) < 4.78 is 11.0. The Morgan fingerprint density at radius 3 is 2.73 bits per heavy atom. The number of halogens is 1. The van der Waals surface area contributed by atoms with Crippen molar-refractivity contribution in [2.75, 3.05) is 73.2 Å². The molecule has 1 aromatic rings. The van der Waals surface area contributed by atoms with Crippen LogP contribution in [0.4, 0.5) is 0 Å². The molecule has 2 N–H and O–H groups in total. The highest BCUT2D eigenvalue weighted by molar-refractivity contribution is 14.0. The summed E-state index contributed by atoms with van der Waals surface area (Å²) in [7, 11) is 3.50. The number of thiophene rings is 1. The molecule has 0 bridgehead atoms. The maximum atomic E-state index is 12.0. The van der Waals surface area contributed by atoms with Gasteiger partial charge in [-0.25, -0.2) is 4.99 Å². The molecule has 30 heavy (non-hydrogen) atoms. The first kappa shape index (κ1) is 25.3. The SMILES string of the molecule is CN(C)C(=O)CN=C(NCC1CCOC1)NCC(c1cccs1)N1CCOCC1.I. The smallest absolute Gasteiger partial charge is 0.243 e. The molecule has 1 amide bonds. The van der Waals surface area contributed by atoms with Gasteiger partial charge in [0.2, 0.25) is 5.91 Å². The minimum atomic E-state index is -0.0155. The van der Waals surface area contributed by atoms with Crippen LogP contribution >= 0.6 is 35.3 Å². The molecular formula is C20H34IN5O3S. The Balaban J connectivity index is 0.00000320. The molecule has 1 aromatic heterocycles. The van der Waals surface area contributed by atoms with Crippen LogP contribution in [-0.2, 0) is 14.3 Å². The lowest BCUT2D eigenvalue weighted by Gasteiger charge is -2.34. The van der Waals surface area contributed by atoms with Gasteiger partial charge in [-0.1, -0.05) is 6.07 Å². The number of hydrogen-bond donors (Lipinski definition) is 2. The maximum Gasteiger partial charge on any atom is 0.243 e. The molecule has 3 rings (SSSR count). The summed E-state index contributed by atoms with van der Waals surface area (Å²) in [5.74, 6) is 1.15. The molecule has 0 saturated carbocycles. The number of rotatable bonds is 8. The number of carbonyl (C=O) groups is 1. The van der Waals surface area contributed by atoms with Gasteiger partial charge >= 0.3 is 0 Å². The number of carbonyl (C=O) groups excluding carboxylic acids is 1. The van der Waals surface area contributed by atoms with Gasteiger partial charge in [0.05, 0.1) is 25.9 Å². The molecule has 170 valence electrons. The molecule has 3 heterocycles. The number of ether oxygens (including phenoxy) is 2. The quantitative estimate of drug-likeness (QED) is 0.289. The van der Waals surface area contributed by atoms with Gasteiger partial charge in [0.15, 0.2) is 5.96 Å². The van der Waals surface area contributed by atoms with Gasteiger partial charge in [-0.15, -0.1) is 35.3 Å². The molecular weight excluding hydrogens is 517 g/mol. The number of nitrogens with zero attached hydrogens (tertiary/aromatic N) is 3. The molecule has 8 nitrogen and oxygen atoms in total. The molecule has 10 heteroatoms. The summed E-state index contributed by atoms with van der Waals surface area (Å²) in [5, 5.41) is 9.00. The van der Waals surface area contributed by atoms with Gasteiger partial charge in [0.25, 0.3) is 0 Å². The van der Waals surface area contributed by atoms with E-state index in [0.29, 0.717) is 11.9 Å². The van der Waals surface area contributed by atoms with Crippen LogP contribution in [0, 0.1) is 5.92 Å². The third kappa shape index (κ3) is 7.95. The van der Waals surface area contributed by atoms with E-state index < -0.39 is 0 Å². The zero-order valence-corrected chi connectivity index (χ0v) is 21.0. The average Bonchev–Trinajstić information content (AvgIpc) is 3.44. The zero-order valence-electron chi connectivity index (χ0n) is 17.8. The maximum absolute atomic E-state index is 12.0. The van der Waals surface area contributed by atoms with Crippen LogP contribution in [0.15, 0.2) is 22.5 Å². The van der Waals surface area contributed by atoms with E-state index in [0.717, 1.165) is 59.0 Å². The number of nitrogens with one attached hydrogen (secondary N) is 2. The second-order valence-corrected chi connectivity index (χ2v) is 8.60. The van der Waals surface area contributed by atoms with Crippen molar-refractivity contribution in [1.82, 2.24) is 20.4 Å². The van der Waals surface area contributed by atoms with Gasteiger partial charge in [0.1, 0.15) is 6.54 Å². The van der Waals surface area contributed by atoms with E-state index in [4.69, 9.17) is 9.47 Å². The highest BCUT2D eigenvalue weighted by Gasteiger charge is 2.24. The average molecular weight is 551 g/mol. The fraction of sp³-hybridized carbons (Fsp3) is 0.700. The summed E-state index contributed by atoms with van der Waals surface area (Å²) in [6, 6.07) is 4.53. The fourth-order valence-electron chi connectivity index (χ4n) is 3.42. The Kier molecular flexibility index (Phi) is 11.4. The lowest BCUT2D eigenvalue weighted by molar-refractivity contribution is -0.127. The largest absolute Gasteiger partial charge is 0.381 e. The molecule has 0 aromatic carbocycles. The highest BCUT2D eigenvalue weighted by atomic mass is 127. The topological polar surface area (TPSA) is 78.4 Å². The monoisotopic (exact) mass is 551 g/mol. The molecule has 0 spiro atoms. The minimum Gasteiger partial charge on any atom is -0.381 e. The Bertz CT molecular complexity index is 647. The molecule has 2 aliphatic heterocycles. The first-order chi connectivity index (χ1) is 14.1. The van der Waals surface area contributed by atoms with Crippen LogP contribution in [0.3, 0.4) is 0 Å². The normalized spacial score (nSPS) is 21.0. The van der Waals surface area contributed by atoms with Crippen LogP contribution < -0.4 is 10.6 Å². The molecule has 2 atom stereocenters. The first-order valence-electron chi connectivity index (χ1n) is 10.3. The lowest BCUT2D eigenvalue weighted by atomic mass is 10.1. The Hall–Kier alpha value is -0.950. The summed E-state index contributed by atoms with van der Waals surface area (Å²) in [6.07, 6.45) is 1.06. The molecule has 2 unspecified atom stereocenters.